The number of hydrogen-bond donors (Lipinski definition) is 2. The molecule has 1 fully saturated rings. The van der Waals surface area contributed by atoms with Crippen LogP contribution in [0.25, 0.3) is 0 Å². The van der Waals surface area contributed by atoms with Gasteiger partial charge in [-0.25, -0.2) is 9.98 Å². The van der Waals surface area contributed by atoms with E-state index in [1.807, 2.05) is 6.20 Å². The maximum Gasteiger partial charge on any atom is 0.191 e. The van der Waals surface area contributed by atoms with Crippen molar-refractivity contribution in [1.82, 2.24) is 25.4 Å². The maximum atomic E-state index is 4.83. The molecule has 31 heavy (non-hydrogen) atoms. The number of pyridine rings is 1. The lowest BCUT2D eigenvalue weighted by Gasteiger charge is -2.33. The molecule has 1 aromatic rings. The standard InChI is InChI=1S/C23H43N7.HI/c1-6-24-23(27-20(4)10-9-13-29(7-2)8-3)26-19-21-11-12-25-22(18-21)30-16-14-28(5)15-17-30;/h11-12,18,20H,6-10,13-17,19H2,1-5H3,(H2,24,26,27);1H. The van der Waals surface area contributed by atoms with Gasteiger partial charge < -0.3 is 25.3 Å². The molecule has 178 valence electrons. The zero-order chi connectivity index (χ0) is 21.8. The van der Waals surface area contributed by atoms with Crippen molar-refractivity contribution in [1.29, 1.82) is 0 Å². The van der Waals surface area contributed by atoms with Crippen LogP contribution in [-0.4, -0.2) is 86.2 Å². The van der Waals surface area contributed by atoms with E-state index in [2.05, 4.69) is 77.2 Å². The first-order chi connectivity index (χ1) is 14.5. The Morgan fingerprint density at radius 3 is 2.55 bits per heavy atom. The number of likely N-dealkylation sites (N-methyl/N-ethyl adjacent to an activating group) is 1. The molecule has 2 N–H and O–H groups in total. The highest BCUT2D eigenvalue weighted by molar-refractivity contribution is 14.0. The van der Waals surface area contributed by atoms with Crippen LogP contribution in [0.5, 0.6) is 0 Å². The first-order valence-corrected chi connectivity index (χ1v) is 11.7. The Morgan fingerprint density at radius 1 is 1.19 bits per heavy atom. The number of anilines is 1. The molecule has 0 saturated carbocycles. The van der Waals surface area contributed by atoms with Crippen molar-refractivity contribution in [3.8, 4) is 0 Å². The molecule has 0 bridgehead atoms. The van der Waals surface area contributed by atoms with E-state index in [1.54, 1.807) is 0 Å². The van der Waals surface area contributed by atoms with Gasteiger partial charge in [-0.15, -0.1) is 24.0 Å². The summed E-state index contributed by atoms with van der Waals surface area (Å²) >= 11 is 0. The number of nitrogens with one attached hydrogen (secondary N) is 2. The summed E-state index contributed by atoms with van der Waals surface area (Å²) < 4.78 is 0. The summed E-state index contributed by atoms with van der Waals surface area (Å²) in [6, 6.07) is 4.66. The Hall–Kier alpha value is -1.13. The van der Waals surface area contributed by atoms with E-state index < -0.39 is 0 Å². The zero-order valence-electron chi connectivity index (χ0n) is 20.2. The number of nitrogens with zero attached hydrogens (tertiary/aromatic N) is 5. The summed E-state index contributed by atoms with van der Waals surface area (Å²) in [6.45, 7) is 18.0. The van der Waals surface area contributed by atoms with Crippen LogP contribution in [0.2, 0.25) is 0 Å². The molecule has 1 unspecified atom stereocenters. The smallest absolute Gasteiger partial charge is 0.191 e. The molecule has 7 nitrogen and oxygen atoms in total. The van der Waals surface area contributed by atoms with E-state index >= 15 is 0 Å². The Kier molecular flexibility index (Phi) is 14.1. The topological polar surface area (TPSA) is 59.0 Å². The highest BCUT2D eigenvalue weighted by Gasteiger charge is 2.15. The van der Waals surface area contributed by atoms with Crippen LogP contribution in [0.15, 0.2) is 23.3 Å². The van der Waals surface area contributed by atoms with Crippen LogP contribution < -0.4 is 15.5 Å². The number of aliphatic imine (C=N–C) groups is 1. The zero-order valence-corrected chi connectivity index (χ0v) is 22.6. The molecular weight excluding hydrogens is 501 g/mol. The van der Waals surface area contributed by atoms with Gasteiger partial charge in [-0.1, -0.05) is 13.8 Å². The van der Waals surface area contributed by atoms with Crippen LogP contribution in [0.4, 0.5) is 5.82 Å². The number of hydrogen-bond acceptors (Lipinski definition) is 5. The predicted octanol–water partition coefficient (Wildman–Crippen LogP) is 3.02. The van der Waals surface area contributed by atoms with E-state index in [1.165, 1.54) is 18.5 Å². The van der Waals surface area contributed by atoms with E-state index in [4.69, 9.17) is 4.99 Å². The molecular formula is C23H44IN7. The summed E-state index contributed by atoms with van der Waals surface area (Å²) in [4.78, 5) is 16.6. The molecule has 1 saturated heterocycles. The van der Waals surface area contributed by atoms with Gasteiger partial charge in [0, 0.05) is 45.0 Å². The maximum absolute atomic E-state index is 4.83. The number of rotatable bonds is 11. The monoisotopic (exact) mass is 545 g/mol. The number of guanidine groups is 1. The van der Waals surface area contributed by atoms with Crippen LogP contribution in [0.1, 0.15) is 46.1 Å². The van der Waals surface area contributed by atoms with Crippen molar-refractivity contribution in [2.75, 3.05) is 64.3 Å². The molecule has 1 aromatic heterocycles. The van der Waals surface area contributed by atoms with Crippen LogP contribution in [-0.2, 0) is 6.54 Å². The molecule has 2 rings (SSSR count). The second kappa shape index (κ2) is 15.6. The molecule has 1 aliphatic rings. The van der Waals surface area contributed by atoms with Crippen LogP contribution >= 0.6 is 24.0 Å². The van der Waals surface area contributed by atoms with Crippen molar-refractivity contribution in [3.63, 3.8) is 0 Å². The van der Waals surface area contributed by atoms with Gasteiger partial charge in [0.1, 0.15) is 5.82 Å². The minimum Gasteiger partial charge on any atom is -0.357 e. The molecule has 0 aromatic carbocycles. The predicted molar refractivity (Wildman–Crippen MR) is 144 cm³/mol. The normalized spacial score (nSPS) is 16.2. The largest absolute Gasteiger partial charge is 0.357 e. The van der Waals surface area contributed by atoms with Crippen molar-refractivity contribution >= 4 is 35.8 Å². The van der Waals surface area contributed by atoms with Gasteiger partial charge in [0.25, 0.3) is 0 Å². The second-order valence-corrected chi connectivity index (χ2v) is 8.22. The molecule has 0 spiro atoms. The molecule has 8 heteroatoms. The summed E-state index contributed by atoms with van der Waals surface area (Å²) in [6.07, 6.45) is 4.26. The Balaban J connectivity index is 0.00000480. The lowest BCUT2D eigenvalue weighted by molar-refractivity contribution is 0.292. The van der Waals surface area contributed by atoms with E-state index in [0.29, 0.717) is 12.6 Å². The average Bonchev–Trinajstić information content (AvgIpc) is 2.76. The van der Waals surface area contributed by atoms with Crippen LogP contribution in [0, 0.1) is 0 Å². The van der Waals surface area contributed by atoms with Crippen LogP contribution in [0.3, 0.4) is 0 Å². The van der Waals surface area contributed by atoms with E-state index in [9.17, 15) is 0 Å². The first kappa shape index (κ1) is 27.9. The second-order valence-electron chi connectivity index (χ2n) is 8.22. The van der Waals surface area contributed by atoms with Crippen molar-refractivity contribution in [3.05, 3.63) is 23.9 Å². The van der Waals surface area contributed by atoms with Gasteiger partial charge in [0.05, 0.1) is 6.54 Å². The summed E-state index contributed by atoms with van der Waals surface area (Å²) in [5, 5.41) is 6.95. The number of aromatic nitrogens is 1. The van der Waals surface area contributed by atoms with Gasteiger partial charge in [-0.3, -0.25) is 0 Å². The highest BCUT2D eigenvalue weighted by Crippen LogP contribution is 2.15. The average molecular weight is 546 g/mol. The summed E-state index contributed by atoms with van der Waals surface area (Å²) in [5.74, 6) is 1.96. The van der Waals surface area contributed by atoms with Crippen molar-refractivity contribution in [2.24, 2.45) is 4.99 Å². The quantitative estimate of drug-likeness (QED) is 0.253. The molecule has 0 aliphatic carbocycles. The third-order valence-electron chi connectivity index (χ3n) is 5.79. The number of piperazine rings is 1. The lowest BCUT2D eigenvalue weighted by Crippen LogP contribution is -2.44. The Labute approximate surface area is 207 Å². The molecule has 2 heterocycles. The third kappa shape index (κ3) is 10.4. The highest BCUT2D eigenvalue weighted by atomic mass is 127. The Bertz CT molecular complexity index is 628. The molecule has 1 atom stereocenters. The number of halogens is 1. The fraction of sp³-hybridized carbons (Fsp3) is 0.739. The SMILES string of the molecule is CCNC(=NCc1ccnc(N2CCN(C)CC2)c1)NC(C)CCCN(CC)CC.I. The molecule has 1 aliphatic heterocycles. The minimum absolute atomic E-state index is 0. The van der Waals surface area contributed by atoms with Crippen molar-refractivity contribution in [2.45, 2.75) is 53.1 Å². The fourth-order valence-electron chi connectivity index (χ4n) is 3.72. The van der Waals surface area contributed by atoms with Gasteiger partial charge in [-0.05, 0) is 71.1 Å². The van der Waals surface area contributed by atoms with E-state index in [0.717, 1.165) is 64.0 Å². The van der Waals surface area contributed by atoms with Gasteiger partial charge >= 0.3 is 0 Å². The Morgan fingerprint density at radius 2 is 1.90 bits per heavy atom. The third-order valence-corrected chi connectivity index (χ3v) is 5.79. The minimum atomic E-state index is 0. The summed E-state index contributed by atoms with van der Waals surface area (Å²) in [5.41, 5.74) is 1.20. The molecule has 0 radical (unpaired) electrons. The first-order valence-electron chi connectivity index (χ1n) is 11.7. The lowest BCUT2D eigenvalue weighted by atomic mass is 10.2. The molecule has 0 amide bonds. The fourth-order valence-corrected chi connectivity index (χ4v) is 3.72. The van der Waals surface area contributed by atoms with Gasteiger partial charge in [-0.2, -0.15) is 0 Å². The van der Waals surface area contributed by atoms with Crippen molar-refractivity contribution < 1.29 is 0 Å². The summed E-state index contributed by atoms with van der Waals surface area (Å²) in [7, 11) is 2.18. The van der Waals surface area contributed by atoms with E-state index in [-0.39, 0.29) is 24.0 Å². The van der Waals surface area contributed by atoms with Gasteiger partial charge in [0.2, 0.25) is 0 Å². The van der Waals surface area contributed by atoms with Gasteiger partial charge in [0.15, 0.2) is 5.96 Å².